The maximum absolute atomic E-state index is 14.4. The fraction of sp³-hybridized carbons (Fsp3) is 0.486. The summed E-state index contributed by atoms with van der Waals surface area (Å²) in [6.45, 7) is 3.21. The highest BCUT2D eigenvalue weighted by Crippen LogP contribution is 2.56. The Morgan fingerprint density at radius 1 is 1.02 bits per heavy atom. The summed E-state index contributed by atoms with van der Waals surface area (Å²) in [5.74, 6) is -6.00. The first-order valence-electron chi connectivity index (χ1n) is 17.2. The van der Waals surface area contributed by atoms with Crippen molar-refractivity contribution in [3.05, 3.63) is 94.3 Å². The molecule has 1 aliphatic heterocycles. The Labute approximate surface area is 300 Å². The molecule has 2 aliphatic carbocycles. The first-order valence-corrected chi connectivity index (χ1v) is 20.0. The number of benzene rings is 3. The van der Waals surface area contributed by atoms with E-state index in [-0.39, 0.29) is 44.2 Å². The number of hydrogen-bond donors (Lipinski definition) is 2. The van der Waals surface area contributed by atoms with Gasteiger partial charge in [-0.3, -0.25) is 9.63 Å². The Morgan fingerprint density at radius 3 is 2.36 bits per heavy atom. The van der Waals surface area contributed by atoms with Gasteiger partial charge in [0.25, 0.3) is 5.91 Å². The second kappa shape index (κ2) is 15.6. The zero-order valence-electron chi connectivity index (χ0n) is 27.8. The lowest BCUT2D eigenvalue weighted by Gasteiger charge is -2.50. The smallest absolute Gasteiger partial charge is 0.255 e. The van der Waals surface area contributed by atoms with E-state index in [0.717, 1.165) is 37.7 Å². The van der Waals surface area contributed by atoms with Gasteiger partial charge in [0.2, 0.25) is 0 Å². The maximum Gasteiger partial charge on any atom is 0.255 e. The van der Waals surface area contributed by atoms with Crippen molar-refractivity contribution in [2.75, 3.05) is 11.9 Å². The number of sulfone groups is 1. The van der Waals surface area contributed by atoms with Crippen LogP contribution in [-0.4, -0.2) is 46.6 Å². The number of nitrogens with one attached hydrogen (secondary N) is 1. The predicted octanol–water partition coefficient (Wildman–Crippen LogP) is 8.75. The molecule has 50 heavy (non-hydrogen) atoms. The number of amides is 1. The van der Waals surface area contributed by atoms with E-state index in [1.54, 1.807) is 0 Å². The minimum absolute atomic E-state index is 0.0515. The van der Waals surface area contributed by atoms with E-state index in [1.807, 2.05) is 34.8 Å². The molecule has 13 heteroatoms. The number of hydroxylamine groups is 1. The van der Waals surface area contributed by atoms with E-state index in [2.05, 4.69) is 12.2 Å². The molecule has 0 spiro atoms. The lowest BCUT2D eigenvalue weighted by atomic mass is 9.72. The van der Waals surface area contributed by atoms with Crippen LogP contribution < -0.4 is 5.32 Å². The topological polar surface area (TPSA) is 95.9 Å². The third-order valence-corrected chi connectivity index (χ3v) is 14.8. The van der Waals surface area contributed by atoms with Crippen molar-refractivity contribution in [2.45, 2.75) is 92.3 Å². The van der Waals surface area contributed by atoms with Crippen LogP contribution in [0.2, 0.25) is 5.02 Å². The summed E-state index contributed by atoms with van der Waals surface area (Å²) in [6.07, 6.45) is 7.23. The second-order valence-electron chi connectivity index (χ2n) is 13.9. The molecule has 4 unspecified atom stereocenters. The van der Waals surface area contributed by atoms with Gasteiger partial charge in [-0.05, 0) is 79.7 Å². The summed E-state index contributed by atoms with van der Waals surface area (Å²) in [7, 11) is -4.08. The minimum Gasteiger partial charge on any atom is -0.389 e. The summed E-state index contributed by atoms with van der Waals surface area (Å²) < 4.78 is 71.5. The number of halogens is 4. The van der Waals surface area contributed by atoms with E-state index < -0.39 is 44.0 Å². The summed E-state index contributed by atoms with van der Waals surface area (Å²) in [6, 6.07) is 15.1. The first kappa shape index (κ1) is 37.2. The molecule has 7 nitrogen and oxygen atoms in total. The number of aliphatic hydroxyl groups is 1. The van der Waals surface area contributed by atoms with Crippen LogP contribution in [0.15, 0.2) is 65.6 Å². The maximum atomic E-state index is 14.4. The van der Waals surface area contributed by atoms with E-state index in [4.69, 9.17) is 16.4 Å². The number of carbonyl (C=O) groups is 1. The Bertz CT molecular complexity index is 1760. The molecule has 0 radical (unpaired) electrons. The van der Waals surface area contributed by atoms with Crippen LogP contribution in [0, 0.1) is 35.2 Å². The normalized spacial score (nSPS) is 27.0. The van der Waals surface area contributed by atoms with Gasteiger partial charge in [0.05, 0.1) is 39.2 Å². The fourth-order valence-corrected chi connectivity index (χ4v) is 12.3. The van der Waals surface area contributed by atoms with Gasteiger partial charge < -0.3 is 10.4 Å². The third kappa shape index (κ3) is 7.90. The van der Waals surface area contributed by atoms with Crippen molar-refractivity contribution in [1.29, 1.82) is 0 Å². The third-order valence-electron chi connectivity index (χ3n) is 10.4. The molecule has 0 aromatic heterocycles. The Kier molecular flexibility index (Phi) is 11.6. The summed E-state index contributed by atoms with van der Waals surface area (Å²) in [5.41, 5.74) is -0.443. The molecule has 3 aromatic rings. The highest BCUT2D eigenvalue weighted by atomic mass is 35.5. The van der Waals surface area contributed by atoms with Crippen LogP contribution in [0.5, 0.6) is 0 Å². The zero-order chi connectivity index (χ0) is 35.6. The number of fused-ring (bicyclic) bond motifs is 2. The van der Waals surface area contributed by atoms with Crippen LogP contribution in [0.1, 0.15) is 80.6 Å². The van der Waals surface area contributed by atoms with Crippen LogP contribution in [0.25, 0.3) is 0 Å². The van der Waals surface area contributed by atoms with Crippen LogP contribution in [0.4, 0.5) is 18.9 Å². The lowest BCUT2D eigenvalue weighted by Crippen LogP contribution is -2.56. The Balaban J connectivity index is 1.22. The fourth-order valence-electron chi connectivity index (χ4n) is 8.08. The van der Waals surface area contributed by atoms with E-state index in [9.17, 15) is 31.5 Å². The van der Waals surface area contributed by atoms with Crippen LogP contribution >= 0.6 is 23.5 Å². The van der Waals surface area contributed by atoms with Crippen LogP contribution in [-0.2, 0) is 21.2 Å². The molecule has 4 atom stereocenters. The molecule has 1 heterocycles. The largest absolute Gasteiger partial charge is 0.389 e. The molecule has 3 aliphatic rings. The molecule has 6 rings (SSSR count). The molecule has 270 valence electrons. The van der Waals surface area contributed by atoms with E-state index in [0.29, 0.717) is 51.0 Å². The SMILES string of the molecule is CCCCCCC1CON(Cc2ccccc2)SC1C1(O)CC2CCC(C1)C2S(=O)(=O)c1cc(C(=O)Nc2cc(F)c(F)c(F)c2)ccc1Cl. The van der Waals surface area contributed by atoms with Gasteiger partial charge in [-0.15, -0.1) is 4.47 Å². The summed E-state index contributed by atoms with van der Waals surface area (Å²) in [5, 5.41) is 13.8. The molecule has 3 aromatic carbocycles. The number of unbranched alkanes of at least 4 members (excludes halogenated alkanes) is 3. The summed E-state index contributed by atoms with van der Waals surface area (Å²) in [4.78, 5) is 19.0. The highest BCUT2D eigenvalue weighted by molar-refractivity contribution is 7.97. The van der Waals surface area contributed by atoms with E-state index >= 15 is 0 Å². The number of hydrogen-bond acceptors (Lipinski definition) is 7. The van der Waals surface area contributed by atoms with Crippen LogP contribution in [0.3, 0.4) is 0 Å². The minimum atomic E-state index is -4.08. The number of nitrogens with zero attached hydrogens (tertiary/aromatic N) is 1. The average Bonchev–Trinajstić information content (AvgIpc) is 3.39. The molecule has 2 N–H and O–H groups in total. The highest BCUT2D eigenvalue weighted by Gasteiger charge is 2.58. The monoisotopic (exact) mass is 750 g/mol. The molecule has 1 amide bonds. The lowest BCUT2D eigenvalue weighted by molar-refractivity contribution is -0.130. The van der Waals surface area contributed by atoms with E-state index in [1.165, 1.54) is 30.1 Å². The number of anilines is 1. The molecule has 2 saturated carbocycles. The standard InChI is InChI=1S/C37H42ClF3N2O5S2/c1-2-3-4-8-11-27-22-48-43(21-23-9-6-5-7-10-23)49-35(27)37(45)19-25-12-13-26(20-37)34(25)50(46,47)32-16-24(14-15-29(32)38)36(44)42-28-17-30(39)33(41)31(40)18-28/h5-7,9-10,14-18,25-27,34-35,45H,2-4,8,11-13,19-22H2,1H3,(H,42,44). The Morgan fingerprint density at radius 2 is 1.70 bits per heavy atom. The second-order valence-corrected chi connectivity index (χ2v) is 17.5. The van der Waals surface area contributed by atoms with Gasteiger partial charge in [-0.1, -0.05) is 74.5 Å². The molecule has 1 saturated heterocycles. The Hall–Kier alpha value is -2.61. The summed E-state index contributed by atoms with van der Waals surface area (Å²) >= 11 is 8.00. The molecular formula is C37H42ClF3N2O5S2. The van der Waals surface area contributed by atoms with Crippen molar-refractivity contribution < 1.29 is 36.3 Å². The van der Waals surface area contributed by atoms with Gasteiger partial charge in [0.1, 0.15) is 0 Å². The van der Waals surface area contributed by atoms with Crippen molar-refractivity contribution in [3.63, 3.8) is 0 Å². The van der Waals surface area contributed by atoms with Gasteiger partial charge in [0.15, 0.2) is 27.3 Å². The van der Waals surface area contributed by atoms with Gasteiger partial charge in [-0.2, -0.15) is 0 Å². The molecular weight excluding hydrogens is 709 g/mol. The molecule has 2 bridgehead atoms. The number of carbonyl (C=O) groups excluding carboxylic acids is 1. The molecule has 3 fully saturated rings. The van der Waals surface area contributed by atoms with Gasteiger partial charge >= 0.3 is 0 Å². The van der Waals surface area contributed by atoms with Crippen molar-refractivity contribution >= 4 is 45.0 Å². The van der Waals surface area contributed by atoms with Crippen molar-refractivity contribution in [1.82, 2.24) is 4.47 Å². The predicted molar refractivity (Wildman–Crippen MR) is 189 cm³/mol. The first-order chi connectivity index (χ1) is 23.9. The van der Waals surface area contributed by atoms with Gasteiger partial charge in [-0.25, -0.2) is 21.6 Å². The van der Waals surface area contributed by atoms with Crippen molar-refractivity contribution in [2.24, 2.45) is 17.8 Å². The number of rotatable bonds is 12. The van der Waals surface area contributed by atoms with Gasteiger partial charge in [0, 0.05) is 29.3 Å². The quantitative estimate of drug-likeness (QED) is 0.109. The zero-order valence-corrected chi connectivity index (χ0v) is 30.2. The average molecular weight is 751 g/mol. The van der Waals surface area contributed by atoms with Crippen molar-refractivity contribution in [3.8, 4) is 0 Å².